The van der Waals surface area contributed by atoms with Crippen molar-refractivity contribution in [1.82, 2.24) is 0 Å². The lowest BCUT2D eigenvalue weighted by Gasteiger charge is -2.15. The van der Waals surface area contributed by atoms with E-state index in [4.69, 9.17) is 9.47 Å². The number of anilines is 1. The molecule has 0 amide bonds. The second-order valence-electron chi connectivity index (χ2n) is 5.75. The average molecular weight is 299 g/mol. The zero-order chi connectivity index (χ0) is 16.1. The molecule has 0 fully saturated rings. The number of ether oxygens (including phenoxy) is 2. The van der Waals surface area contributed by atoms with Gasteiger partial charge < -0.3 is 14.8 Å². The van der Waals surface area contributed by atoms with Gasteiger partial charge in [-0.05, 0) is 62.6 Å². The van der Waals surface area contributed by atoms with E-state index in [-0.39, 0.29) is 6.10 Å². The van der Waals surface area contributed by atoms with Gasteiger partial charge in [0.25, 0.3) is 0 Å². The van der Waals surface area contributed by atoms with Gasteiger partial charge in [-0.15, -0.1) is 0 Å². The van der Waals surface area contributed by atoms with Gasteiger partial charge in [-0.1, -0.05) is 18.2 Å². The molecule has 3 heteroatoms. The Morgan fingerprint density at radius 2 is 1.82 bits per heavy atom. The molecule has 22 heavy (non-hydrogen) atoms. The molecule has 0 aliphatic heterocycles. The van der Waals surface area contributed by atoms with Crippen LogP contribution in [0.2, 0.25) is 0 Å². The molecule has 0 spiro atoms. The van der Waals surface area contributed by atoms with Gasteiger partial charge in [-0.25, -0.2) is 0 Å². The van der Waals surface area contributed by atoms with Crippen LogP contribution in [0.15, 0.2) is 36.4 Å². The van der Waals surface area contributed by atoms with Gasteiger partial charge in [0.1, 0.15) is 0 Å². The Morgan fingerprint density at radius 1 is 1.05 bits per heavy atom. The van der Waals surface area contributed by atoms with Crippen molar-refractivity contribution in [2.45, 2.75) is 40.3 Å². The van der Waals surface area contributed by atoms with Crippen molar-refractivity contribution >= 4 is 5.69 Å². The van der Waals surface area contributed by atoms with Crippen LogP contribution in [0.5, 0.6) is 11.5 Å². The topological polar surface area (TPSA) is 30.5 Å². The van der Waals surface area contributed by atoms with Gasteiger partial charge in [0, 0.05) is 12.2 Å². The largest absolute Gasteiger partial charge is 0.493 e. The molecule has 0 atom stereocenters. The van der Waals surface area contributed by atoms with Gasteiger partial charge in [-0.2, -0.15) is 0 Å². The maximum atomic E-state index is 5.74. The fourth-order valence-corrected chi connectivity index (χ4v) is 2.31. The molecule has 2 aromatic rings. The van der Waals surface area contributed by atoms with E-state index in [0.717, 1.165) is 23.6 Å². The van der Waals surface area contributed by atoms with Crippen LogP contribution in [-0.2, 0) is 6.54 Å². The van der Waals surface area contributed by atoms with Gasteiger partial charge >= 0.3 is 0 Å². The first kappa shape index (κ1) is 16.2. The molecule has 0 unspecified atom stereocenters. The maximum Gasteiger partial charge on any atom is 0.161 e. The molecule has 0 heterocycles. The van der Waals surface area contributed by atoms with Crippen LogP contribution in [0.1, 0.15) is 30.5 Å². The molecule has 1 N–H and O–H groups in total. The Bertz CT molecular complexity index is 635. The summed E-state index contributed by atoms with van der Waals surface area (Å²) in [5.41, 5.74) is 4.91. The van der Waals surface area contributed by atoms with E-state index in [9.17, 15) is 0 Å². The number of nitrogens with one attached hydrogen (secondary N) is 1. The van der Waals surface area contributed by atoms with Gasteiger partial charge in [0.05, 0.1) is 13.2 Å². The van der Waals surface area contributed by atoms with Gasteiger partial charge in [-0.3, -0.25) is 0 Å². The average Bonchev–Trinajstić information content (AvgIpc) is 2.49. The summed E-state index contributed by atoms with van der Waals surface area (Å²) in [6.45, 7) is 9.03. The summed E-state index contributed by atoms with van der Waals surface area (Å²) in [5, 5.41) is 3.49. The van der Waals surface area contributed by atoms with Crippen LogP contribution < -0.4 is 14.8 Å². The highest BCUT2D eigenvalue weighted by Gasteiger charge is 2.08. The molecule has 3 nitrogen and oxygen atoms in total. The van der Waals surface area contributed by atoms with E-state index >= 15 is 0 Å². The quantitative estimate of drug-likeness (QED) is 0.838. The molecule has 0 saturated heterocycles. The minimum atomic E-state index is 0.132. The Hall–Kier alpha value is -2.16. The number of methoxy groups -OCH3 is 1. The lowest BCUT2D eigenvalue weighted by molar-refractivity contribution is 0.230. The van der Waals surface area contributed by atoms with Crippen molar-refractivity contribution in [3.63, 3.8) is 0 Å². The zero-order valence-electron chi connectivity index (χ0n) is 14.1. The maximum absolute atomic E-state index is 5.74. The standard InChI is InChI=1S/C19H25NO2/c1-13(2)22-18-10-9-16(11-19(18)21-5)12-20-17-8-6-7-14(3)15(17)4/h6-11,13,20H,12H2,1-5H3. The van der Waals surface area contributed by atoms with E-state index < -0.39 is 0 Å². The normalized spacial score (nSPS) is 10.6. The molecular formula is C19H25NO2. The molecule has 0 aliphatic rings. The first-order valence-corrected chi connectivity index (χ1v) is 7.65. The molecule has 2 rings (SSSR count). The van der Waals surface area contributed by atoms with Crippen molar-refractivity contribution < 1.29 is 9.47 Å². The third-order valence-corrected chi connectivity index (χ3v) is 3.68. The number of hydrogen-bond donors (Lipinski definition) is 1. The first-order chi connectivity index (χ1) is 10.5. The summed E-state index contributed by atoms with van der Waals surface area (Å²) in [7, 11) is 1.67. The van der Waals surface area contributed by atoms with Gasteiger partial charge in [0.2, 0.25) is 0 Å². The van der Waals surface area contributed by atoms with Crippen molar-refractivity contribution in [1.29, 1.82) is 0 Å². The predicted molar refractivity (Wildman–Crippen MR) is 92.0 cm³/mol. The molecule has 0 saturated carbocycles. The molecule has 0 aromatic heterocycles. The molecule has 2 aromatic carbocycles. The Morgan fingerprint density at radius 3 is 2.50 bits per heavy atom. The Balaban J connectivity index is 2.11. The molecule has 0 bridgehead atoms. The Labute approximate surface area is 133 Å². The van der Waals surface area contributed by atoms with E-state index in [1.54, 1.807) is 7.11 Å². The summed E-state index contributed by atoms with van der Waals surface area (Å²) >= 11 is 0. The molecule has 118 valence electrons. The van der Waals surface area contributed by atoms with Crippen LogP contribution in [0.3, 0.4) is 0 Å². The zero-order valence-corrected chi connectivity index (χ0v) is 14.1. The van der Waals surface area contributed by atoms with E-state index in [2.05, 4.69) is 43.4 Å². The predicted octanol–water partition coefficient (Wildman–Crippen LogP) is 4.71. The van der Waals surface area contributed by atoms with E-state index in [1.807, 2.05) is 26.0 Å². The third-order valence-electron chi connectivity index (χ3n) is 3.68. The SMILES string of the molecule is COc1cc(CNc2cccc(C)c2C)ccc1OC(C)C. The minimum absolute atomic E-state index is 0.132. The smallest absolute Gasteiger partial charge is 0.161 e. The highest BCUT2D eigenvalue weighted by atomic mass is 16.5. The fourth-order valence-electron chi connectivity index (χ4n) is 2.31. The van der Waals surface area contributed by atoms with Crippen LogP contribution in [0.4, 0.5) is 5.69 Å². The summed E-state index contributed by atoms with van der Waals surface area (Å²) in [4.78, 5) is 0. The Kier molecular flexibility index (Phi) is 5.31. The summed E-state index contributed by atoms with van der Waals surface area (Å²) in [5.74, 6) is 1.56. The first-order valence-electron chi connectivity index (χ1n) is 7.65. The summed E-state index contributed by atoms with van der Waals surface area (Å²) in [6.07, 6.45) is 0.132. The third kappa shape index (κ3) is 3.94. The van der Waals surface area contributed by atoms with Crippen molar-refractivity contribution in [3.05, 3.63) is 53.1 Å². The monoisotopic (exact) mass is 299 g/mol. The lowest BCUT2D eigenvalue weighted by atomic mass is 10.1. The second kappa shape index (κ2) is 7.21. The number of aryl methyl sites for hydroxylation is 1. The number of rotatable bonds is 6. The van der Waals surface area contributed by atoms with Crippen molar-refractivity contribution in [2.75, 3.05) is 12.4 Å². The second-order valence-corrected chi connectivity index (χ2v) is 5.75. The molecule has 0 radical (unpaired) electrons. The van der Waals surface area contributed by atoms with Crippen LogP contribution in [0, 0.1) is 13.8 Å². The van der Waals surface area contributed by atoms with E-state index in [1.165, 1.54) is 16.8 Å². The molecule has 0 aliphatic carbocycles. The lowest BCUT2D eigenvalue weighted by Crippen LogP contribution is -2.07. The van der Waals surface area contributed by atoms with E-state index in [0.29, 0.717) is 0 Å². The van der Waals surface area contributed by atoms with Gasteiger partial charge in [0.15, 0.2) is 11.5 Å². The highest BCUT2D eigenvalue weighted by molar-refractivity contribution is 5.54. The minimum Gasteiger partial charge on any atom is -0.493 e. The summed E-state index contributed by atoms with van der Waals surface area (Å²) < 4.78 is 11.2. The summed E-state index contributed by atoms with van der Waals surface area (Å²) in [6, 6.07) is 12.4. The van der Waals surface area contributed by atoms with Crippen LogP contribution in [-0.4, -0.2) is 13.2 Å². The van der Waals surface area contributed by atoms with Crippen LogP contribution in [0.25, 0.3) is 0 Å². The highest BCUT2D eigenvalue weighted by Crippen LogP contribution is 2.29. The number of hydrogen-bond acceptors (Lipinski definition) is 3. The molecular weight excluding hydrogens is 274 g/mol. The fraction of sp³-hybridized carbons (Fsp3) is 0.368. The van der Waals surface area contributed by atoms with Crippen molar-refractivity contribution in [2.24, 2.45) is 0 Å². The van der Waals surface area contributed by atoms with Crippen molar-refractivity contribution in [3.8, 4) is 11.5 Å². The van der Waals surface area contributed by atoms with Crippen LogP contribution >= 0.6 is 0 Å². The number of benzene rings is 2.